The Morgan fingerprint density at radius 2 is 2.33 bits per heavy atom. The fourth-order valence-electron chi connectivity index (χ4n) is 0.511. The van der Waals surface area contributed by atoms with Gasteiger partial charge in [0.1, 0.15) is 0 Å². The van der Waals surface area contributed by atoms with Crippen LogP contribution in [0.5, 0.6) is 0 Å². The van der Waals surface area contributed by atoms with Crippen LogP contribution in [0.25, 0.3) is 0 Å². The van der Waals surface area contributed by atoms with Crippen LogP contribution >= 0.6 is 12.6 Å². The highest BCUT2D eigenvalue weighted by molar-refractivity contribution is 7.80. The van der Waals surface area contributed by atoms with E-state index < -0.39 is 0 Å². The Balaban J connectivity index is 3.06. The molecule has 0 aromatic heterocycles. The topological polar surface area (TPSA) is 29.1 Å². The van der Waals surface area contributed by atoms with Crippen molar-refractivity contribution in [2.24, 2.45) is 0 Å². The van der Waals surface area contributed by atoms with Gasteiger partial charge in [0, 0.05) is 18.7 Å². The van der Waals surface area contributed by atoms with Gasteiger partial charge in [-0.25, -0.2) is 0 Å². The van der Waals surface area contributed by atoms with Gasteiger partial charge in [0.15, 0.2) is 0 Å². The number of hydrogen-bond acceptors (Lipinski definition) is 2. The van der Waals surface area contributed by atoms with E-state index in [0.29, 0.717) is 13.0 Å². The number of nitrogens with one attached hydrogen (secondary N) is 1. The van der Waals surface area contributed by atoms with Crippen molar-refractivity contribution in [3.05, 3.63) is 0 Å². The molecule has 0 unspecified atom stereocenters. The lowest BCUT2D eigenvalue weighted by Gasteiger charge is -1.98. The summed E-state index contributed by atoms with van der Waals surface area (Å²) in [6.45, 7) is 2.67. The summed E-state index contributed by atoms with van der Waals surface area (Å²) in [7, 11) is 0. The molecule has 0 rings (SSSR count). The second-order valence-corrected chi connectivity index (χ2v) is 2.27. The third-order valence-electron chi connectivity index (χ3n) is 0.911. The predicted octanol–water partition coefficient (Wildman–Crippen LogP) is 0.833. The highest BCUT2D eigenvalue weighted by Gasteiger charge is 1.94. The van der Waals surface area contributed by atoms with E-state index in [4.69, 9.17) is 0 Å². The number of hydrogen-bond donors (Lipinski definition) is 2. The molecule has 0 bridgehead atoms. The van der Waals surface area contributed by atoms with Crippen LogP contribution in [-0.4, -0.2) is 18.2 Å². The smallest absolute Gasteiger partial charge is 0.220 e. The van der Waals surface area contributed by atoms with E-state index in [0.717, 1.165) is 12.2 Å². The van der Waals surface area contributed by atoms with Gasteiger partial charge in [-0.1, -0.05) is 6.92 Å². The molecule has 9 heavy (non-hydrogen) atoms. The number of amides is 1. The first kappa shape index (κ1) is 8.82. The van der Waals surface area contributed by atoms with Crippen LogP contribution in [0, 0.1) is 0 Å². The third kappa shape index (κ3) is 5.69. The van der Waals surface area contributed by atoms with Crippen LogP contribution in [0.2, 0.25) is 0 Å². The molecule has 2 nitrogen and oxygen atoms in total. The van der Waals surface area contributed by atoms with Crippen LogP contribution in [0.15, 0.2) is 0 Å². The molecular formula is C6H13NOS. The molecule has 0 aromatic rings. The van der Waals surface area contributed by atoms with Crippen molar-refractivity contribution in [2.45, 2.75) is 19.8 Å². The minimum absolute atomic E-state index is 0.131. The molecule has 0 atom stereocenters. The Morgan fingerprint density at radius 3 is 2.78 bits per heavy atom. The van der Waals surface area contributed by atoms with Crippen LogP contribution in [0.3, 0.4) is 0 Å². The maximum atomic E-state index is 10.7. The molecule has 54 valence electrons. The van der Waals surface area contributed by atoms with Crippen molar-refractivity contribution in [1.82, 2.24) is 5.32 Å². The fourth-order valence-corrected chi connectivity index (χ4v) is 0.623. The molecule has 0 saturated carbocycles. The van der Waals surface area contributed by atoms with E-state index in [-0.39, 0.29) is 5.91 Å². The number of thiol groups is 1. The quantitative estimate of drug-likeness (QED) is 0.567. The molecule has 0 saturated heterocycles. The summed E-state index contributed by atoms with van der Waals surface area (Å²) in [5.41, 5.74) is 0. The first-order chi connectivity index (χ1) is 4.31. The molecule has 0 aliphatic heterocycles. The van der Waals surface area contributed by atoms with Crippen LogP contribution < -0.4 is 5.32 Å². The second-order valence-electron chi connectivity index (χ2n) is 1.82. The van der Waals surface area contributed by atoms with E-state index >= 15 is 0 Å². The number of carbonyl (C=O) groups is 1. The SMILES string of the molecule is CCCC(=O)NCCS. The van der Waals surface area contributed by atoms with Gasteiger partial charge in [-0.2, -0.15) is 12.6 Å². The maximum Gasteiger partial charge on any atom is 0.220 e. The number of rotatable bonds is 4. The molecule has 0 spiro atoms. The van der Waals surface area contributed by atoms with Crippen LogP contribution in [0.1, 0.15) is 19.8 Å². The van der Waals surface area contributed by atoms with Gasteiger partial charge < -0.3 is 5.32 Å². The summed E-state index contributed by atoms with van der Waals surface area (Å²) in [5, 5.41) is 2.72. The van der Waals surface area contributed by atoms with E-state index in [1.165, 1.54) is 0 Å². The number of carbonyl (C=O) groups excluding carboxylic acids is 1. The predicted molar refractivity (Wildman–Crippen MR) is 41.8 cm³/mol. The molecule has 0 aliphatic rings. The van der Waals surface area contributed by atoms with Gasteiger partial charge in [-0.05, 0) is 6.42 Å². The van der Waals surface area contributed by atoms with E-state index in [1.54, 1.807) is 0 Å². The van der Waals surface area contributed by atoms with Gasteiger partial charge in [0.2, 0.25) is 5.91 Å². The Morgan fingerprint density at radius 1 is 1.67 bits per heavy atom. The zero-order valence-corrected chi connectivity index (χ0v) is 6.58. The van der Waals surface area contributed by atoms with Crippen LogP contribution in [0.4, 0.5) is 0 Å². The summed E-state index contributed by atoms with van der Waals surface area (Å²) < 4.78 is 0. The third-order valence-corrected chi connectivity index (χ3v) is 1.13. The van der Waals surface area contributed by atoms with Crippen LogP contribution in [-0.2, 0) is 4.79 Å². The van der Waals surface area contributed by atoms with Crippen molar-refractivity contribution < 1.29 is 4.79 Å². The zero-order valence-electron chi connectivity index (χ0n) is 5.68. The second kappa shape index (κ2) is 5.95. The average molecular weight is 147 g/mol. The lowest BCUT2D eigenvalue weighted by Crippen LogP contribution is -2.24. The van der Waals surface area contributed by atoms with Crippen molar-refractivity contribution >= 4 is 18.5 Å². The molecule has 1 amide bonds. The fraction of sp³-hybridized carbons (Fsp3) is 0.833. The summed E-state index contributed by atoms with van der Waals surface area (Å²) in [6, 6.07) is 0. The van der Waals surface area contributed by atoms with Crippen molar-refractivity contribution in [2.75, 3.05) is 12.3 Å². The molecule has 0 aliphatic carbocycles. The first-order valence-corrected chi connectivity index (χ1v) is 3.82. The maximum absolute atomic E-state index is 10.7. The van der Waals surface area contributed by atoms with Gasteiger partial charge >= 0.3 is 0 Å². The normalized spacial score (nSPS) is 9.11. The summed E-state index contributed by atoms with van der Waals surface area (Å²) in [5.74, 6) is 0.849. The zero-order chi connectivity index (χ0) is 7.11. The summed E-state index contributed by atoms with van der Waals surface area (Å²) >= 11 is 3.95. The van der Waals surface area contributed by atoms with Crippen molar-refractivity contribution in [3.63, 3.8) is 0 Å². The Labute approximate surface area is 61.4 Å². The molecule has 0 radical (unpaired) electrons. The Kier molecular flexibility index (Phi) is 5.83. The van der Waals surface area contributed by atoms with Gasteiger partial charge in [-0.3, -0.25) is 4.79 Å². The first-order valence-electron chi connectivity index (χ1n) is 3.18. The lowest BCUT2D eigenvalue weighted by atomic mass is 10.3. The monoisotopic (exact) mass is 147 g/mol. The van der Waals surface area contributed by atoms with E-state index in [9.17, 15) is 4.79 Å². The summed E-state index contributed by atoms with van der Waals surface area (Å²) in [6.07, 6.45) is 1.55. The molecule has 1 N–H and O–H groups in total. The van der Waals surface area contributed by atoms with Gasteiger partial charge in [0.05, 0.1) is 0 Å². The standard InChI is InChI=1S/C6H13NOS/c1-2-3-6(8)7-4-5-9/h9H,2-5H2,1H3,(H,7,8). The molecule has 0 fully saturated rings. The van der Waals surface area contributed by atoms with Gasteiger partial charge in [-0.15, -0.1) is 0 Å². The lowest BCUT2D eigenvalue weighted by molar-refractivity contribution is -0.120. The minimum Gasteiger partial charge on any atom is -0.355 e. The van der Waals surface area contributed by atoms with E-state index in [1.807, 2.05) is 6.92 Å². The molecule has 0 heterocycles. The Bertz CT molecular complexity index is 85.1. The average Bonchev–Trinajstić information content (AvgIpc) is 1.85. The van der Waals surface area contributed by atoms with Crippen molar-refractivity contribution in [3.8, 4) is 0 Å². The Hall–Kier alpha value is -0.180. The van der Waals surface area contributed by atoms with Gasteiger partial charge in [0.25, 0.3) is 0 Å². The molecular weight excluding hydrogens is 134 g/mol. The highest BCUT2D eigenvalue weighted by Crippen LogP contribution is 1.84. The van der Waals surface area contributed by atoms with E-state index in [2.05, 4.69) is 17.9 Å². The summed E-state index contributed by atoms with van der Waals surface area (Å²) in [4.78, 5) is 10.7. The highest BCUT2D eigenvalue weighted by atomic mass is 32.1. The molecule has 0 aromatic carbocycles. The largest absolute Gasteiger partial charge is 0.355 e. The molecule has 3 heteroatoms. The van der Waals surface area contributed by atoms with Crippen molar-refractivity contribution in [1.29, 1.82) is 0 Å². The minimum atomic E-state index is 0.131.